The van der Waals surface area contributed by atoms with Crippen molar-refractivity contribution in [2.45, 2.75) is 32.7 Å². The molecule has 2 aliphatic rings. The molecule has 4 rings (SSSR count). The van der Waals surface area contributed by atoms with Gasteiger partial charge in [-0.15, -0.1) is 0 Å². The molecule has 0 spiro atoms. The molecule has 0 radical (unpaired) electrons. The molecule has 1 aliphatic carbocycles. The number of nitrogens with zero attached hydrogens (tertiary/aromatic N) is 2. The Morgan fingerprint density at radius 1 is 1.27 bits per heavy atom. The van der Waals surface area contributed by atoms with Crippen LogP contribution in [-0.2, 0) is 16.0 Å². The SMILES string of the molecule is CCOC(=O)/C=C(/C)N1N=C2c3cc(OC)ccc3CCC2C1c1ccc(Br)cc1. The fourth-order valence-electron chi connectivity index (χ4n) is 4.32. The number of ether oxygens (including phenoxy) is 2. The van der Waals surface area contributed by atoms with E-state index >= 15 is 0 Å². The van der Waals surface area contributed by atoms with Crippen molar-refractivity contribution in [3.63, 3.8) is 0 Å². The summed E-state index contributed by atoms with van der Waals surface area (Å²) < 4.78 is 11.6. The number of hydrogen-bond donors (Lipinski definition) is 0. The van der Waals surface area contributed by atoms with Gasteiger partial charge in [0.2, 0.25) is 0 Å². The lowest BCUT2D eigenvalue weighted by atomic mass is 9.77. The third kappa shape index (κ3) is 3.88. The van der Waals surface area contributed by atoms with E-state index in [9.17, 15) is 4.79 Å². The lowest BCUT2D eigenvalue weighted by Crippen LogP contribution is -2.28. The lowest BCUT2D eigenvalue weighted by Gasteiger charge is -2.31. The molecule has 6 heteroatoms. The average Bonchev–Trinajstić information content (AvgIpc) is 3.14. The van der Waals surface area contributed by atoms with Gasteiger partial charge < -0.3 is 9.47 Å². The number of rotatable bonds is 5. The van der Waals surface area contributed by atoms with Gasteiger partial charge in [-0.2, -0.15) is 5.10 Å². The van der Waals surface area contributed by atoms with Gasteiger partial charge in [-0.1, -0.05) is 34.1 Å². The Bertz CT molecular complexity index is 1010. The molecule has 0 bridgehead atoms. The highest BCUT2D eigenvalue weighted by molar-refractivity contribution is 9.10. The van der Waals surface area contributed by atoms with E-state index in [0.29, 0.717) is 6.61 Å². The fraction of sp³-hybridized carbons (Fsp3) is 0.333. The highest BCUT2D eigenvalue weighted by Gasteiger charge is 2.42. The number of carbonyl (C=O) groups is 1. The standard InChI is InChI=1S/C24H25BrN2O3/c1-4-30-22(28)13-15(2)27-24(17-5-9-18(25)10-6-17)20-12-8-16-7-11-19(29-3)14-21(16)23(20)26-27/h5-7,9-11,13-14,20,24H,4,8,12H2,1-3H3/b15-13-. The number of allylic oxidation sites excluding steroid dienone is 1. The molecule has 0 saturated heterocycles. The van der Waals surface area contributed by atoms with Crippen molar-refractivity contribution in [1.29, 1.82) is 0 Å². The summed E-state index contributed by atoms with van der Waals surface area (Å²) >= 11 is 3.53. The van der Waals surface area contributed by atoms with Crippen molar-refractivity contribution in [1.82, 2.24) is 5.01 Å². The second-order valence-electron chi connectivity index (χ2n) is 7.53. The molecule has 0 N–H and O–H groups in total. The predicted octanol–water partition coefficient (Wildman–Crippen LogP) is 5.25. The zero-order valence-corrected chi connectivity index (χ0v) is 19.0. The number of halogens is 1. The summed E-state index contributed by atoms with van der Waals surface area (Å²) in [5.41, 5.74) is 5.42. The van der Waals surface area contributed by atoms with Crippen LogP contribution in [0.1, 0.15) is 43.0 Å². The predicted molar refractivity (Wildman–Crippen MR) is 120 cm³/mol. The van der Waals surface area contributed by atoms with Gasteiger partial charge in [0.1, 0.15) is 5.75 Å². The van der Waals surface area contributed by atoms with Crippen LogP contribution in [0, 0.1) is 5.92 Å². The first-order valence-electron chi connectivity index (χ1n) is 10.2. The number of fused-ring (bicyclic) bond motifs is 3. The number of benzene rings is 2. The molecule has 0 amide bonds. The summed E-state index contributed by atoms with van der Waals surface area (Å²) in [6.07, 6.45) is 3.52. The number of hydrazone groups is 1. The van der Waals surface area contributed by atoms with Gasteiger partial charge in [-0.25, -0.2) is 4.79 Å². The second kappa shape index (κ2) is 8.64. The smallest absolute Gasteiger partial charge is 0.332 e. The molecule has 2 atom stereocenters. The van der Waals surface area contributed by atoms with Crippen molar-refractivity contribution in [3.8, 4) is 5.75 Å². The highest BCUT2D eigenvalue weighted by atomic mass is 79.9. The molecule has 0 aromatic heterocycles. The third-order valence-electron chi connectivity index (χ3n) is 5.72. The molecular weight excluding hydrogens is 444 g/mol. The molecule has 2 unspecified atom stereocenters. The molecule has 1 heterocycles. The van der Waals surface area contributed by atoms with Crippen molar-refractivity contribution < 1.29 is 14.3 Å². The molecule has 2 aromatic carbocycles. The number of methoxy groups -OCH3 is 1. The topological polar surface area (TPSA) is 51.1 Å². The zero-order valence-electron chi connectivity index (χ0n) is 17.4. The van der Waals surface area contributed by atoms with Crippen LogP contribution in [0.5, 0.6) is 5.75 Å². The Hall–Kier alpha value is -2.60. The van der Waals surface area contributed by atoms with E-state index in [1.54, 1.807) is 14.0 Å². The van der Waals surface area contributed by atoms with Crippen LogP contribution in [0.25, 0.3) is 0 Å². The summed E-state index contributed by atoms with van der Waals surface area (Å²) in [7, 11) is 1.68. The van der Waals surface area contributed by atoms with E-state index < -0.39 is 0 Å². The number of esters is 1. The van der Waals surface area contributed by atoms with Gasteiger partial charge in [0, 0.05) is 27.7 Å². The first kappa shape index (κ1) is 20.7. The minimum atomic E-state index is -0.346. The largest absolute Gasteiger partial charge is 0.497 e. The van der Waals surface area contributed by atoms with Crippen LogP contribution >= 0.6 is 15.9 Å². The normalized spacial score (nSPS) is 20.3. The molecule has 5 nitrogen and oxygen atoms in total. The maximum absolute atomic E-state index is 12.1. The quantitative estimate of drug-likeness (QED) is 0.444. The van der Waals surface area contributed by atoms with Crippen LogP contribution in [0.4, 0.5) is 0 Å². The Kier molecular flexibility index (Phi) is 5.95. The third-order valence-corrected chi connectivity index (χ3v) is 6.24. The first-order valence-corrected chi connectivity index (χ1v) is 11.0. The summed E-state index contributed by atoms with van der Waals surface area (Å²) in [5, 5.41) is 7.01. The van der Waals surface area contributed by atoms with E-state index in [4.69, 9.17) is 14.6 Å². The summed E-state index contributed by atoms with van der Waals surface area (Å²) in [4.78, 5) is 12.1. The van der Waals surface area contributed by atoms with E-state index in [-0.39, 0.29) is 17.9 Å². The van der Waals surface area contributed by atoms with Crippen molar-refractivity contribution in [2.75, 3.05) is 13.7 Å². The van der Waals surface area contributed by atoms with Crippen LogP contribution in [0.2, 0.25) is 0 Å². The van der Waals surface area contributed by atoms with Gasteiger partial charge in [-0.05, 0) is 62.1 Å². The van der Waals surface area contributed by atoms with Crippen LogP contribution in [0.3, 0.4) is 0 Å². The average molecular weight is 469 g/mol. The lowest BCUT2D eigenvalue weighted by molar-refractivity contribution is -0.137. The minimum absolute atomic E-state index is 0.0260. The molecule has 1 aliphatic heterocycles. The van der Waals surface area contributed by atoms with E-state index in [2.05, 4.69) is 52.3 Å². The van der Waals surface area contributed by atoms with Crippen LogP contribution in [0.15, 0.2) is 63.8 Å². The highest BCUT2D eigenvalue weighted by Crippen LogP contribution is 2.45. The molecule has 0 saturated carbocycles. The van der Waals surface area contributed by atoms with E-state index in [1.165, 1.54) is 17.2 Å². The van der Waals surface area contributed by atoms with Gasteiger partial charge in [-0.3, -0.25) is 5.01 Å². The fourth-order valence-corrected chi connectivity index (χ4v) is 4.59. The first-order chi connectivity index (χ1) is 14.5. The van der Waals surface area contributed by atoms with Crippen molar-refractivity contribution in [2.24, 2.45) is 11.0 Å². The number of carbonyl (C=O) groups excluding carboxylic acids is 1. The molecule has 0 fully saturated rings. The van der Waals surface area contributed by atoms with Gasteiger partial charge in [0.15, 0.2) is 0 Å². The molecule has 30 heavy (non-hydrogen) atoms. The minimum Gasteiger partial charge on any atom is -0.497 e. The summed E-state index contributed by atoms with van der Waals surface area (Å²) in [6, 6.07) is 14.6. The maximum atomic E-state index is 12.1. The zero-order chi connectivity index (χ0) is 21.3. The Labute approximate surface area is 185 Å². The Balaban J connectivity index is 1.79. The maximum Gasteiger partial charge on any atom is 0.332 e. The van der Waals surface area contributed by atoms with Gasteiger partial charge in [0.25, 0.3) is 0 Å². The monoisotopic (exact) mass is 468 g/mol. The van der Waals surface area contributed by atoms with Crippen LogP contribution < -0.4 is 4.74 Å². The van der Waals surface area contributed by atoms with Crippen LogP contribution in [-0.4, -0.2) is 30.4 Å². The number of hydrogen-bond acceptors (Lipinski definition) is 5. The molecular formula is C24H25BrN2O3. The van der Waals surface area contributed by atoms with Crippen molar-refractivity contribution >= 4 is 27.6 Å². The Morgan fingerprint density at radius 2 is 2.03 bits per heavy atom. The van der Waals surface area contributed by atoms with E-state index in [0.717, 1.165) is 40.0 Å². The molecule has 156 valence electrons. The molecule has 2 aromatic rings. The Morgan fingerprint density at radius 3 is 2.73 bits per heavy atom. The van der Waals surface area contributed by atoms with E-state index in [1.807, 2.05) is 18.0 Å². The van der Waals surface area contributed by atoms with Crippen molar-refractivity contribution in [3.05, 3.63) is 75.4 Å². The van der Waals surface area contributed by atoms with Gasteiger partial charge in [0.05, 0.1) is 25.5 Å². The van der Waals surface area contributed by atoms with Gasteiger partial charge >= 0.3 is 5.97 Å². The summed E-state index contributed by atoms with van der Waals surface area (Å²) in [5.74, 6) is 0.715. The summed E-state index contributed by atoms with van der Waals surface area (Å²) in [6.45, 7) is 4.07. The second-order valence-corrected chi connectivity index (χ2v) is 8.45. The number of aryl methyl sites for hydroxylation is 1.